The number of benzene rings is 3. The number of rotatable bonds is 11. The zero-order valence-corrected chi connectivity index (χ0v) is 25.9. The summed E-state index contributed by atoms with van der Waals surface area (Å²) in [7, 11) is 0. The predicted molar refractivity (Wildman–Crippen MR) is 183 cm³/mol. The van der Waals surface area contributed by atoms with Gasteiger partial charge in [0.25, 0.3) is 0 Å². The van der Waals surface area contributed by atoms with E-state index in [-0.39, 0.29) is 11.6 Å². The average molecular weight is 627 g/mol. The number of anilines is 3. The zero-order valence-electron chi connectivity index (χ0n) is 25.9. The molecule has 0 radical (unpaired) electrons. The first kappa shape index (κ1) is 30.2. The van der Waals surface area contributed by atoms with Crippen molar-refractivity contribution in [2.24, 2.45) is 0 Å². The highest BCUT2D eigenvalue weighted by Crippen LogP contribution is 2.34. The molecule has 6 aromatic rings. The third-order valence-corrected chi connectivity index (χ3v) is 8.22. The maximum Gasteiger partial charge on any atom is 0.228 e. The summed E-state index contributed by atoms with van der Waals surface area (Å²) in [5.74, 6) is 1.26. The summed E-state index contributed by atoms with van der Waals surface area (Å²) in [5.41, 5.74) is 3.21. The Balaban J connectivity index is 1.04. The predicted octanol–water partition coefficient (Wildman–Crippen LogP) is 8.11. The summed E-state index contributed by atoms with van der Waals surface area (Å²) in [6.45, 7) is 4.06. The minimum Gasteiger partial charge on any atom is -0.438 e. The molecule has 236 valence electrons. The van der Waals surface area contributed by atoms with Crippen LogP contribution in [0.25, 0.3) is 33.3 Å². The van der Waals surface area contributed by atoms with Gasteiger partial charge in [0.1, 0.15) is 17.1 Å². The van der Waals surface area contributed by atoms with Crippen LogP contribution in [0.4, 0.5) is 21.8 Å². The fourth-order valence-electron chi connectivity index (χ4n) is 5.84. The monoisotopic (exact) mass is 626 g/mol. The lowest BCUT2D eigenvalue weighted by Crippen LogP contribution is -2.31. The largest absolute Gasteiger partial charge is 0.438 e. The molecule has 1 saturated heterocycles. The lowest BCUT2D eigenvalue weighted by atomic mass is 10.0. The molecule has 0 spiro atoms. The molecule has 0 aliphatic carbocycles. The summed E-state index contributed by atoms with van der Waals surface area (Å²) >= 11 is 0. The van der Waals surface area contributed by atoms with Gasteiger partial charge >= 0.3 is 0 Å². The average Bonchev–Trinajstić information content (AvgIpc) is 3.13. The molecule has 0 unspecified atom stereocenters. The number of ether oxygens (including phenoxy) is 1. The van der Waals surface area contributed by atoms with Crippen molar-refractivity contribution in [2.75, 3.05) is 36.8 Å². The maximum atomic E-state index is 15.0. The third-order valence-electron chi connectivity index (χ3n) is 8.22. The number of hydrogen-bond acceptors (Lipinski definition) is 9. The highest BCUT2D eigenvalue weighted by Gasteiger charge is 2.17. The molecule has 3 aromatic heterocycles. The summed E-state index contributed by atoms with van der Waals surface area (Å²) < 4.78 is 21.2. The van der Waals surface area contributed by atoms with Gasteiger partial charge in [-0.05, 0) is 75.3 Å². The lowest BCUT2D eigenvalue weighted by Gasteiger charge is -2.26. The Morgan fingerprint density at radius 3 is 2.38 bits per heavy atom. The van der Waals surface area contributed by atoms with Crippen LogP contribution in [0.1, 0.15) is 25.7 Å². The maximum absolute atomic E-state index is 15.0. The van der Waals surface area contributed by atoms with Crippen LogP contribution < -0.4 is 15.4 Å². The van der Waals surface area contributed by atoms with E-state index >= 15 is 4.39 Å². The molecule has 4 heterocycles. The Morgan fingerprint density at radius 1 is 0.766 bits per heavy atom. The molecule has 1 fully saturated rings. The normalized spacial score (nSPS) is 13.4. The van der Waals surface area contributed by atoms with Gasteiger partial charge in [0.05, 0.1) is 11.8 Å². The van der Waals surface area contributed by atoms with Gasteiger partial charge in [-0.15, -0.1) is 10.2 Å². The third kappa shape index (κ3) is 7.18. The van der Waals surface area contributed by atoms with E-state index in [1.165, 1.54) is 25.5 Å². The van der Waals surface area contributed by atoms with Gasteiger partial charge in [-0.25, -0.2) is 19.3 Å². The molecule has 1 aliphatic rings. The minimum absolute atomic E-state index is 0.129. The summed E-state index contributed by atoms with van der Waals surface area (Å²) in [6.07, 6.45) is 7.61. The van der Waals surface area contributed by atoms with Crippen molar-refractivity contribution in [2.45, 2.75) is 25.7 Å². The highest BCUT2D eigenvalue weighted by molar-refractivity contribution is 6.00. The summed E-state index contributed by atoms with van der Waals surface area (Å²) in [4.78, 5) is 15.5. The van der Waals surface area contributed by atoms with Crippen LogP contribution in [0.5, 0.6) is 11.6 Å². The zero-order chi connectivity index (χ0) is 31.8. The quantitative estimate of drug-likeness (QED) is 0.138. The summed E-state index contributed by atoms with van der Waals surface area (Å²) in [5, 5.41) is 17.7. The molecule has 10 heteroatoms. The Hall–Kier alpha value is -5.48. The number of pyridine rings is 1. The van der Waals surface area contributed by atoms with Gasteiger partial charge in [0, 0.05) is 34.8 Å². The highest BCUT2D eigenvalue weighted by atomic mass is 19.1. The van der Waals surface area contributed by atoms with E-state index in [9.17, 15) is 0 Å². The van der Waals surface area contributed by atoms with E-state index in [4.69, 9.17) is 4.74 Å². The van der Waals surface area contributed by atoms with E-state index < -0.39 is 5.82 Å². The van der Waals surface area contributed by atoms with E-state index in [1.54, 1.807) is 18.3 Å². The van der Waals surface area contributed by atoms with Crippen LogP contribution in [-0.2, 0) is 0 Å². The van der Waals surface area contributed by atoms with Crippen molar-refractivity contribution >= 4 is 28.2 Å². The first-order chi connectivity index (χ1) is 23.2. The Bertz CT molecular complexity index is 1950. The van der Waals surface area contributed by atoms with Crippen LogP contribution >= 0.6 is 0 Å². The van der Waals surface area contributed by atoms with E-state index in [0.717, 1.165) is 53.8 Å². The van der Waals surface area contributed by atoms with Crippen molar-refractivity contribution in [3.05, 3.63) is 109 Å². The van der Waals surface area contributed by atoms with Crippen LogP contribution in [0, 0.1) is 5.82 Å². The number of halogens is 1. The smallest absolute Gasteiger partial charge is 0.228 e. The van der Waals surface area contributed by atoms with Crippen molar-refractivity contribution in [3.8, 4) is 34.1 Å². The standard InChI is InChI=1S/C37H35FN8O/c38-32-25-41-37(40-21-10-24-46-22-7-2-8-23-46)43-34(32)31-15-9-20-39-36(31)47-28-18-16-27(17-19-28)42-35-30-14-6-5-13-29(30)33(44-45-35)26-11-3-1-4-12-26/h1,3-6,9,11-20,25H,2,7-8,10,21-24H2,(H,42,45)(H,40,41,43). The van der Waals surface area contributed by atoms with Gasteiger partial charge < -0.3 is 20.3 Å². The Labute approximate surface area is 272 Å². The van der Waals surface area contributed by atoms with E-state index in [0.29, 0.717) is 29.6 Å². The number of nitrogens with one attached hydrogen (secondary N) is 2. The summed E-state index contributed by atoms with van der Waals surface area (Å²) in [6, 6.07) is 29.0. The van der Waals surface area contributed by atoms with Crippen molar-refractivity contribution in [3.63, 3.8) is 0 Å². The second kappa shape index (κ2) is 14.3. The molecule has 1 aliphatic heterocycles. The molecule has 0 saturated carbocycles. The second-order valence-electron chi connectivity index (χ2n) is 11.5. The second-order valence-corrected chi connectivity index (χ2v) is 11.5. The van der Waals surface area contributed by atoms with Crippen LogP contribution in [-0.4, -0.2) is 56.2 Å². The topological polar surface area (TPSA) is 101 Å². The molecule has 3 aromatic carbocycles. The molecule has 2 N–H and O–H groups in total. The number of fused-ring (bicyclic) bond motifs is 1. The molecule has 0 amide bonds. The van der Waals surface area contributed by atoms with Crippen molar-refractivity contribution in [1.82, 2.24) is 30.0 Å². The minimum atomic E-state index is -0.548. The lowest BCUT2D eigenvalue weighted by molar-refractivity contribution is 0.228. The number of aromatic nitrogens is 5. The number of piperidine rings is 1. The molecule has 0 atom stereocenters. The molecular formula is C37H35FN8O. The van der Waals surface area contributed by atoms with Crippen LogP contribution in [0.3, 0.4) is 0 Å². The van der Waals surface area contributed by atoms with E-state index in [1.807, 2.05) is 72.8 Å². The molecule has 47 heavy (non-hydrogen) atoms. The van der Waals surface area contributed by atoms with Gasteiger partial charge in [-0.3, -0.25) is 0 Å². The van der Waals surface area contributed by atoms with Crippen molar-refractivity contribution < 1.29 is 9.13 Å². The Morgan fingerprint density at radius 2 is 1.55 bits per heavy atom. The number of hydrogen-bond donors (Lipinski definition) is 2. The Kier molecular flexibility index (Phi) is 9.19. The molecule has 0 bridgehead atoms. The van der Waals surface area contributed by atoms with Gasteiger partial charge in [-0.2, -0.15) is 0 Å². The van der Waals surface area contributed by atoms with Gasteiger partial charge in [-0.1, -0.05) is 61.0 Å². The van der Waals surface area contributed by atoms with Crippen LogP contribution in [0.2, 0.25) is 0 Å². The first-order valence-electron chi connectivity index (χ1n) is 16.0. The van der Waals surface area contributed by atoms with E-state index in [2.05, 4.69) is 46.7 Å². The fourth-order valence-corrected chi connectivity index (χ4v) is 5.84. The van der Waals surface area contributed by atoms with Gasteiger partial charge in [0.2, 0.25) is 11.8 Å². The first-order valence-corrected chi connectivity index (χ1v) is 16.0. The number of likely N-dealkylation sites (tertiary alicyclic amines) is 1. The molecular weight excluding hydrogens is 591 g/mol. The van der Waals surface area contributed by atoms with Gasteiger partial charge in [0.15, 0.2) is 11.6 Å². The molecule has 9 nitrogen and oxygen atoms in total. The molecule has 7 rings (SSSR count). The fraction of sp³-hybridized carbons (Fsp3) is 0.216. The van der Waals surface area contributed by atoms with Crippen LogP contribution in [0.15, 0.2) is 103 Å². The SMILES string of the molecule is Fc1cnc(NCCCN2CCCCC2)nc1-c1cccnc1Oc1ccc(Nc2nnc(-c3ccccc3)c3ccccc23)cc1. The number of nitrogens with zero attached hydrogens (tertiary/aromatic N) is 6. The van der Waals surface area contributed by atoms with Crippen molar-refractivity contribution in [1.29, 1.82) is 0 Å².